The number of nitrogens with one attached hydrogen (secondary N) is 1. The normalized spacial score (nSPS) is 16.3. The van der Waals surface area contributed by atoms with Gasteiger partial charge in [0.2, 0.25) is 0 Å². The van der Waals surface area contributed by atoms with Crippen molar-refractivity contribution in [1.29, 1.82) is 0 Å². The zero-order valence-corrected chi connectivity index (χ0v) is 11.6. The van der Waals surface area contributed by atoms with Gasteiger partial charge in [0, 0.05) is 22.2 Å². The molecule has 0 radical (unpaired) electrons. The lowest BCUT2D eigenvalue weighted by Gasteiger charge is -2.06. The zero-order valence-electron chi connectivity index (χ0n) is 10.0. The molecule has 94 valence electrons. The maximum Gasteiger partial charge on any atom is 0.271 e. The predicted octanol–water partition coefficient (Wildman–Crippen LogP) is 3.59. The fourth-order valence-corrected chi connectivity index (χ4v) is 3.05. The van der Waals surface area contributed by atoms with E-state index in [-0.39, 0.29) is 5.56 Å². The van der Waals surface area contributed by atoms with Gasteiger partial charge in [0.15, 0.2) is 0 Å². The molecule has 4 heteroatoms. The Kier molecular flexibility index (Phi) is 3.12. The minimum Gasteiger partial charge on any atom is -0.295 e. The van der Waals surface area contributed by atoms with Crippen molar-refractivity contribution in [2.24, 2.45) is 0 Å². The standard InChI is InChI=1S/C14H15BrN2O/c15-11-6-3-7-12(8-11)17-14(18)9-13(16-17)10-4-1-2-5-10/h3,6-10,16H,1-2,4-5H2. The number of rotatable bonds is 2. The number of aromatic amines is 1. The molecule has 0 amide bonds. The Hall–Kier alpha value is -1.29. The van der Waals surface area contributed by atoms with Gasteiger partial charge in [0.25, 0.3) is 5.56 Å². The summed E-state index contributed by atoms with van der Waals surface area (Å²) >= 11 is 3.43. The Labute approximate surface area is 114 Å². The molecule has 1 heterocycles. The lowest BCUT2D eigenvalue weighted by Crippen LogP contribution is -2.13. The average molecular weight is 307 g/mol. The Morgan fingerprint density at radius 3 is 2.72 bits per heavy atom. The molecule has 1 aromatic heterocycles. The maximum absolute atomic E-state index is 12.0. The van der Waals surface area contributed by atoms with E-state index in [1.807, 2.05) is 24.3 Å². The lowest BCUT2D eigenvalue weighted by atomic mass is 10.1. The molecule has 0 saturated heterocycles. The fraction of sp³-hybridized carbons (Fsp3) is 0.357. The molecule has 0 spiro atoms. The summed E-state index contributed by atoms with van der Waals surface area (Å²) in [6.07, 6.45) is 4.93. The molecule has 1 aliphatic rings. The lowest BCUT2D eigenvalue weighted by molar-refractivity contribution is 0.677. The summed E-state index contributed by atoms with van der Waals surface area (Å²) in [6, 6.07) is 9.51. The Balaban J connectivity index is 2.00. The molecule has 2 aromatic rings. The first-order valence-corrected chi connectivity index (χ1v) is 7.11. The molecule has 1 aliphatic carbocycles. The highest BCUT2D eigenvalue weighted by Crippen LogP contribution is 2.32. The van der Waals surface area contributed by atoms with Gasteiger partial charge in [-0.3, -0.25) is 9.89 Å². The molecule has 0 bridgehead atoms. The largest absolute Gasteiger partial charge is 0.295 e. The molecule has 0 aliphatic heterocycles. The van der Waals surface area contributed by atoms with Crippen LogP contribution in [0.5, 0.6) is 0 Å². The van der Waals surface area contributed by atoms with Crippen LogP contribution in [-0.4, -0.2) is 9.78 Å². The molecule has 1 N–H and O–H groups in total. The molecule has 1 aromatic carbocycles. The minimum atomic E-state index is 0.0231. The summed E-state index contributed by atoms with van der Waals surface area (Å²) in [4.78, 5) is 12.0. The Bertz CT molecular complexity index is 608. The highest BCUT2D eigenvalue weighted by atomic mass is 79.9. The van der Waals surface area contributed by atoms with E-state index in [2.05, 4.69) is 21.0 Å². The van der Waals surface area contributed by atoms with Gasteiger partial charge in [-0.2, -0.15) is 0 Å². The number of hydrogen-bond acceptors (Lipinski definition) is 1. The van der Waals surface area contributed by atoms with Crippen LogP contribution in [0.15, 0.2) is 39.6 Å². The number of aromatic nitrogens is 2. The number of halogens is 1. The van der Waals surface area contributed by atoms with Crippen LogP contribution in [0.3, 0.4) is 0 Å². The first-order chi connectivity index (χ1) is 8.74. The summed E-state index contributed by atoms with van der Waals surface area (Å²) < 4.78 is 2.60. The molecule has 0 unspecified atom stereocenters. The van der Waals surface area contributed by atoms with Crippen molar-refractivity contribution in [2.75, 3.05) is 0 Å². The summed E-state index contributed by atoms with van der Waals surface area (Å²) in [5.74, 6) is 0.533. The van der Waals surface area contributed by atoms with Crippen LogP contribution in [0.4, 0.5) is 0 Å². The Morgan fingerprint density at radius 2 is 2.00 bits per heavy atom. The maximum atomic E-state index is 12.0. The van der Waals surface area contributed by atoms with Crippen molar-refractivity contribution >= 4 is 15.9 Å². The van der Waals surface area contributed by atoms with Crippen LogP contribution in [-0.2, 0) is 0 Å². The quantitative estimate of drug-likeness (QED) is 0.904. The molecule has 1 fully saturated rings. The summed E-state index contributed by atoms with van der Waals surface area (Å²) in [5, 5.41) is 3.25. The average Bonchev–Trinajstić information content (AvgIpc) is 2.97. The van der Waals surface area contributed by atoms with Crippen LogP contribution >= 0.6 is 15.9 Å². The van der Waals surface area contributed by atoms with Crippen molar-refractivity contribution in [3.8, 4) is 5.69 Å². The van der Waals surface area contributed by atoms with E-state index in [4.69, 9.17) is 0 Å². The van der Waals surface area contributed by atoms with Gasteiger partial charge in [-0.25, -0.2) is 4.68 Å². The highest BCUT2D eigenvalue weighted by Gasteiger charge is 2.19. The van der Waals surface area contributed by atoms with Crippen molar-refractivity contribution in [2.45, 2.75) is 31.6 Å². The van der Waals surface area contributed by atoms with Gasteiger partial charge in [-0.05, 0) is 31.0 Å². The number of benzene rings is 1. The summed E-state index contributed by atoms with van der Waals surface area (Å²) in [5.41, 5.74) is 1.98. The van der Waals surface area contributed by atoms with Gasteiger partial charge < -0.3 is 0 Å². The van der Waals surface area contributed by atoms with Crippen LogP contribution in [0.25, 0.3) is 5.69 Å². The van der Waals surface area contributed by atoms with Crippen molar-refractivity contribution < 1.29 is 0 Å². The highest BCUT2D eigenvalue weighted by molar-refractivity contribution is 9.10. The second-order valence-corrected chi connectivity index (χ2v) is 5.76. The number of H-pyrrole nitrogens is 1. The van der Waals surface area contributed by atoms with Crippen LogP contribution in [0, 0.1) is 0 Å². The Morgan fingerprint density at radius 1 is 1.22 bits per heavy atom. The molecule has 3 rings (SSSR count). The zero-order chi connectivity index (χ0) is 12.5. The first kappa shape index (κ1) is 11.8. The number of hydrogen-bond donors (Lipinski definition) is 1. The molecule has 0 atom stereocenters. The smallest absolute Gasteiger partial charge is 0.271 e. The van der Waals surface area contributed by atoms with E-state index in [1.165, 1.54) is 25.7 Å². The molecule has 1 saturated carbocycles. The van der Waals surface area contributed by atoms with E-state index in [9.17, 15) is 4.79 Å². The van der Waals surface area contributed by atoms with Gasteiger partial charge in [-0.15, -0.1) is 0 Å². The third kappa shape index (κ3) is 2.17. The van der Waals surface area contributed by atoms with E-state index in [0.29, 0.717) is 5.92 Å². The summed E-state index contributed by atoms with van der Waals surface area (Å²) in [7, 11) is 0. The van der Waals surface area contributed by atoms with Crippen LogP contribution < -0.4 is 5.56 Å². The molecule has 18 heavy (non-hydrogen) atoms. The van der Waals surface area contributed by atoms with Crippen molar-refractivity contribution in [3.05, 3.63) is 50.9 Å². The SMILES string of the molecule is O=c1cc(C2CCCC2)[nH]n1-c1cccc(Br)c1. The van der Waals surface area contributed by atoms with Crippen molar-refractivity contribution in [3.63, 3.8) is 0 Å². The fourth-order valence-electron chi connectivity index (χ4n) is 2.67. The third-order valence-corrected chi connectivity index (χ3v) is 4.09. The third-order valence-electron chi connectivity index (χ3n) is 3.60. The predicted molar refractivity (Wildman–Crippen MR) is 75.3 cm³/mol. The molecule has 3 nitrogen and oxygen atoms in total. The van der Waals surface area contributed by atoms with E-state index < -0.39 is 0 Å². The van der Waals surface area contributed by atoms with Gasteiger partial charge >= 0.3 is 0 Å². The second-order valence-electron chi connectivity index (χ2n) is 4.85. The topological polar surface area (TPSA) is 37.8 Å². The van der Waals surface area contributed by atoms with Crippen LogP contribution in [0.1, 0.15) is 37.3 Å². The van der Waals surface area contributed by atoms with E-state index in [0.717, 1.165) is 15.9 Å². The first-order valence-electron chi connectivity index (χ1n) is 6.32. The minimum absolute atomic E-state index is 0.0231. The van der Waals surface area contributed by atoms with Gasteiger partial charge in [0.05, 0.1) is 5.69 Å². The van der Waals surface area contributed by atoms with Gasteiger partial charge in [-0.1, -0.05) is 34.8 Å². The van der Waals surface area contributed by atoms with Crippen molar-refractivity contribution in [1.82, 2.24) is 9.78 Å². The molecular weight excluding hydrogens is 292 g/mol. The van der Waals surface area contributed by atoms with E-state index in [1.54, 1.807) is 10.7 Å². The second kappa shape index (κ2) is 4.76. The van der Waals surface area contributed by atoms with E-state index >= 15 is 0 Å². The molecular formula is C14H15BrN2O. The summed E-state index contributed by atoms with van der Waals surface area (Å²) in [6.45, 7) is 0. The van der Waals surface area contributed by atoms with Crippen LogP contribution in [0.2, 0.25) is 0 Å². The number of nitrogens with zero attached hydrogens (tertiary/aromatic N) is 1. The monoisotopic (exact) mass is 306 g/mol. The van der Waals surface area contributed by atoms with Gasteiger partial charge in [0.1, 0.15) is 0 Å².